The minimum absolute atomic E-state index is 0.141. The van der Waals surface area contributed by atoms with Crippen LogP contribution >= 0.6 is 0 Å². The zero-order chi connectivity index (χ0) is 13.7. The number of carboxylic acid groups (broad SMARTS) is 1. The average molecular weight is 258 g/mol. The zero-order valence-electron chi connectivity index (χ0n) is 9.78. The van der Waals surface area contributed by atoms with Crippen LogP contribution in [0.3, 0.4) is 0 Å². The minimum Gasteiger partial charge on any atom is -0.457 e. The number of hydrogen-bond donors (Lipinski definition) is 1. The third-order valence-electron chi connectivity index (χ3n) is 2.25. The van der Waals surface area contributed by atoms with Gasteiger partial charge in [0.1, 0.15) is 11.5 Å². The first-order valence-corrected chi connectivity index (χ1v) is 5.43. The standard InChI is InChI=1S/C14H10O5/c15-13(19-14(16)17)10-6-8-12(9-7-10)18-11-4-2-1-3-5-11/h1-9H,(H,16,17). The summed E-state index contributed by atoms with van der Waals surface area (Å²) in [4.78, 5) is 21.5. The molecule has 0 radical (unpaired) electrons. The molecule has 0 aliphatic heterocycles. The van der Waals surface area contributed by atoms with E-state index >= 15 is 0 Å². The van der Waals surface area contributed by atoms with Crippen LogP contribution in [0.4, 0.5) is 4.79 Å². The minimum atomic E-state index is -1.63. The Bertz CT molecular complexity index is 575. The lowest BCUT2D eigenvalue weighted by molar-refractivity contribution is 0.0509. The summed E-state index contributed by atoms with van der Waals surface area (Å²) in [5, 5.41) is 8.33. The second kappa shape index (κ2) is 5.68. The summed E-state index contributed by atoms with van der Waals surface area (Å²) >= 11 is 0. The van der Waals surface area contributed by atoms with Crippen LogP contribution in [0.5, 0.6) is 11.5 Å². The Hall–Kier alpha value is -2.82. The van der Waals surface area contributed by atoms with Crippen LogP contribution in [0.1, 0.15) is 10.4 Å². The van der Waals surface area contributed by atoms with Crippen molar-refractivity contribution in [2.75, 3.05) is 0 Å². The van der Waals surface area contributed by atoms with Crippen LogP contribution in [-0.2, 0) is 4.74 Å². The van der Waals surface area contributed by atoms with Gasteiger partial charge in [-0.15, -0.1) is 0 Å². The molecular formula is C14H10O5. The molecule has 2 rings (SSSR count). The van der Waals surface area contributed by atoms with Gasteiger partial charge >= 0.3 is 12.1 Å². The molecule has 0 bridgehead atoms. The number of rotatable bonds is 3. The van der Waals surface area contributed by atoms with Crippen molar-refractivity contribution in [2.24, 2.45) is 0 Å². The van der Waals surface area contributed by atoms with E-state index in [0.717, 1.165) is 0 Å². The number of para-hydroxylation sites is 1. The molecule has 96 valence electrons. The molecular weight excluding hydrogens is 248 g/mol. The van der Waals surface area contributed by atoms with Crippen molar-refractivity contribution in [1.29, 1.82) is 0 Å². The molecule has 0 amide bonds. The molecule has 0 unspecified atom stereocenters. The van der Waals surface area contributed by atoms with E-state index in [1.165, 1.54) is 12.1 Å². The third kappa shape index (κ3) is 3.57. The van der Waals surface area contributed by atoms with Gasteiger partial charge < -0.3 is 14.6 Å². The quantitative estimate of drug-likeness (QED) is 0.675. The van der Waals surface area contributed by atoms with Gasteiger partial charge in [0, 0.05) is 0 Å². The molecule has 0 saturated carbocycles. The van der Waals surface area contributed by atoms with Crippen molar-refractivity contribution >= 4 is 12.1 Å². The van der Waals surface area contributed by atoms with Gasteiger partial charge in [-0.3, -0.25) is 0 Å². The lowest BCUT2D eigenvalue weighted by Crippen LogP contribution is -2.09. The maximum Gasteiger partial charge on any atom is 0.513 e. The van der Waals surface area contributed by atoms with E-state index in [1.54, 1.807) is 24.3 Å². The number of esters is 1. The van der Waals surface area contributed by atoms with E-state index in [1.807, 2.05) is 18.2 Å². The molecule has 0 aliphatic carbocycles. The third-order valence-corrected chi connectivity index (χ3v) is 2.25. The second-order valence-corrected chi connectivity index (χ2v) is 3.59. The Kier molecular flexibility index (Phi) is 3.78. The molecule has 19 heavy (non-hydrogen) atoms. The van der Waals surface area contributed by atoms with Gasteiger partial charge in [0.2, 0.25) is 0 Å². The average Bonchev–Trinajstić information content (AvgIpc) is 2.40. The van der Waals surface area contributed by atoms with Crippen molar-refractivity contribution < 1.29 is 24.2 Å². The van der Waals surface area contributed by atoms with Gasteiger partial charge in [0.15, 0.2) is 0 Å². The monoisotopic (exact) mass is 258 g/mol. The molecule has 0 atom stereocenters. The van der Waals surface area contributed by atoms with E-state index in [0.29, 0.717) is 11.5 Å². The van der Waals surface area contributed by atoms with Crippen LogP contribution in [-0.4, -0.2) is 17.2 Å². The van der Waals surface area contributed by atoms with E-state index < -0.39 is 12.1 Å². The van der Waals surface area contributed by atoms with Crippen LogP contribution in [0.25, 0.3) is 0 Å². The fourth-order valence-corrected chi connectivity index (χ4v) is 1.42. The highest BCUT2D eigenvalue weighted by Gasteiger charge is 2.11. The predicted octanol–water partition coefficient (Wildman–Crippen LogP) is 3.31. The normalized spacial score (nSPS) is 9.68. The van der Waals surface area contributed by atoms with Crippen molar-refractivity contribution in [2.45, 2.75) is 0 Å². The van der Waals surface area contributed by atoms with Gasteiger partial charge in [-0.25, -0.2) is 9.59 Å². The maximum atomic E-state index is 11.3. The summed E-state index contributed by atoms with van der Waals surface area (Å²) in [5.41, 5.74) is 0.141. The number of benzene rings is 2. The lowest BCUT2D eigenvalue weighted by atomic mass is 10.2. The Morgan fingerprint density at radius 2 is 1.42 bits per heavy atom. The molecule has 2 aromatic carbocycles. The summed E-state index contributed by atoms with van der Waals surface area (Å²) in [6.45, 7) is 0. The van der Waals surface area contributed by atoms with Crippen LogP contribution in [0.2, 0.25) is 0 Å². The van der Waals surface area contributed by atoms with E-state index in [2.05, 4.69) is 4.74 Å². The molecule has 0 heterocycles. The number of carbonyl (C=O) groups excluding carboxylic acids is 1. The van der Waals surface area contributed by atoms with Crippen LogP contribution in [0, 0.1) is 0 Å². The number of carbonyl (C=O) groups is 2. The Morgan fingerprint density at radius 3 is 2.00 bits per heavy atom. The van der Waals surface area contributed by atoms with Gasteiger partial charge in [-0.2, -0.15) is 0 Å². The van der Waals surface area contributed by atoms with Crippen LogP contribution < -0.4 is 4.74 Å². The van der Waals surface area contributed by atoms with E-state index in [-0.39, 0.29) is 5.56 Å². The summed E-state index contributed by atoms with van der Waals surface area (Å²) in [6.07, 6.45) is -1.63. The molecule has 0 saturated heterocycles. The summed E-state index contributed by atoms with van der Waals surface area (Å²) in [6, 6.07) is 15.1. The van der Waals surface area contributed by atoms with E-state index in [9.17, 15) is 9.59 Å². The topological polar surface area (TPSA) is 72.8 Å². The molecule has 1 N–H and O–H groups in total. The van der Waals surface area contributed by atoms with Crippen molar-refractivity contribution in [3.8, 4) is 11.5 Å². The summed E-state index contributed by atoms with van der Waals surface area (Å²) in [7, 11) is 0. The fourth-order valence-electron chi connectivity index (χ4n) is 1.42. The molecule has 0 fully saturated rings. The highest BCUT2D eigenvalue weighted by atomic mass is 16.7. The molecule has 0 spiro atoms. The van der Waals surface area contributed by atoms with Gasteiger partial charge in [-0.05, 0) is 36.4 Å². The maximum absolute atomic E-state index is 11.3. The van der Waals surface area contributed by atoms with Gasteiger partial charge in [0.25, 0.3) is 0 Å². The molecule has 0 aromatic heterocycles. The second-order valence-electron chi connectivity index (χ2n) is 3.59. The van der Waals surface area contributed by atoms with Crippen LogP contribution in [0.15, 0.2) is 54.6 Å². The highest BCUT2D eigenvalue weighted by Crippen LogP contribution is 2.21. The lowest BCUT2D eigenvalue weighted by Gasteiger charge is -2.05. The number of hydrogen-bond acceptors (Lipinski definition) is 4. The van der Waals surface area contributed by atoms with Gasteiger partial charge in [-0.1, -0.05) is 18.2 Å². The molecule has 5 heteroatoms. The number of ether oxygens (including phenoxy) is 2. The van der Waals surface area contributed by atoms with Crippen molar-refractivity contribution in [3.63, 3.8) is 0 Å². The molecule has 0 aliphatic rings. The Labute approximate surface area is 109 Å². The smallest absolute Gasteiger partial charge is 0.457 e. The first kappa shape index (κ1) is 12.6. The summed E-state index contributed by atoms with van der Waals surface area (Å²) in [5.74, 6) is 0.292. The Balaban J connectivity index is 2.06. The van der Waals surface area contributed by atoms with Crippen molar-refractivity contribution in [3.05, 3.63) is 60.2 Å². The Morgan fingerprint density at radius 1 is 0.842 bits per heavy atom. The van der Waals surface area contributed by atoms with Crippen molar-refractivity contribution in [1.82, 2.24) is 0 Å². The zero-order valence-corrected chi connectivity index (χ0v) is 9.78. The molecule has 5 nitrogen and oxygen atoms in total. The molecule has 2 aromatic rings. The van der Waals surface area contributed by atoms with Gasteiger partial charge in [0.05, 0.1) is 5.56 Å². The first-order valence-electron chi connectivity index (χ1n) is 5.43. The highest BCUT2D eigenvalue weighted by molar-refractivity contribution is 5.94. The SMILES string of the molecule is O=C(O)OC(=O)c1ccc(Oc2ccccc2)cc1. The first-order chi connectivity index (χ1) is 9.15. The largest absolute Gasteiger partial charge is 0.513 e. The fraction of sp³-hybridized carbons (Fsp3) is 0. The predicted molar refractivity (Wildman–Crippen MR) is 66.4 cm³/mol. The summed E-state index contributed by atoms with van der Waals surface area (Å²) < 4.78 is 9.56. The van der Waals surface area contributed by atoms with E-state index in [4.69, 9.17) is 9.84 Å².